The summed E-state index contributed by atoms with van der Waals surface area (Å²) in [4.78, 5) is 21.0. The van der Waals surface area contributed by atoms with Gasteiger partial charge in [-0.2, -0.15) is 0 Å². The fourth-order valence-corrected chi connectivity index (χ4v) is 4.20. The Hall–Kier alpha value is -3.98. The molecule has 4 aromatic rings. The number of hydrogen-bond acceptors (Lipinski definition) is 7. The summed E-state index contributed by atoms with van der Waals surface area (Å²) in [5, 5.41) is 14.5. The maximum Gasteiger partial charge on any atom is 0.251 e. The zero-order chi connectivity index (χ0) is 23.3. The lowest BCUT2D eigenvalue weighted by molar-refractivity contribution is 0.0951. The van der Waals surface area contributed by atoms with E-state index in [0.29, 0.717) is 24.2 Å². The number of carbonyl (C=O) groups is 1. The zero-order valence-corrected chi connectivity index (χ0v) is 18.8. The number of rotatable bonds is 7. The van der Waals surface area contributed by atoms with Gasteiger partial charge in [0.05, 0.1) is 5.69 Å². The molecule has 0 radical (unpaired) electrons. The van der Waals surface area contributed by atoms with Crippen molar-refractivity contribution in [2.75, 3.05) is 10.6 Å². The minimum absolute atomic E-state index is 0.131. The molecule has 9 heteroatoms. The Balaban J connectivity index is 1.27. The Kier molecular flexibility index (Phi) is 6.35. The Morgan fingerprint density at radius 1 is 1.09 bits per heavy atom. The molecule has 0 spiro atoms. The molecule has 0 atom stereocenters. The zero-order valence-electron chi connectivity index (χ0n) is 18.8. The topological polar surface area (TPSA) is 122 Å². The summed E-state index contributed by atoms with van der Waals surface area (Å²) in [5.41, 5.74) is 10.0. The van der Waals surface area contributed by atoms with Gasteiger partial charge in [0.25, 0.3) is 5.91 Å². The number of carbonyl (C=O) groups excluding carboxylic acids is 1. The first-order valence-electron chi connectivity index (χ1n) is 11.5. The van der Waals surface area contributed by atoms with Crippen LogP contribution < -0.4 is 21.7 Å². The normalized spacial score (nSPS) is 17.9. The quantitative estimate of drug-likeness (QED) is 0.336. The number of hydrogen-bond donors (Lipinski definition) is 4. The molecule has 1 fully saturated rings. The number of anilines is 3. The van der Waals surface area contributed by atoms with Gasteiger partial charge in [0.2, 0.25) is 0 Å². The van der Waals surface area contributed by atoms with E-state index in [2.05, 4.69) is 31.0 Å². The Labute approximate surface area is 197 Å². The third kappa shape index (κ3) is 5.15. The van der Waals surface area contributed by atoms with E-state index in [1.54, 1.807) is 35.2 Å². The monoisotopic (exact) mass is 456 g/mol. The van der Waals surface area contributed by atoms with Crippen LogP contribution in [0.3, 0.4) is 0 Å². The maximum absolute atomic E-state index is 12.5. The van der Waals surface area contributed by atoms with Crippen molar-refractivity contribution in [2.24, 2.45) is 5.73 Å². The second-order valence-electron chi connectivity index (χ2n) is 8.64. The smallest absolute Gasteiger partial charge is 0.251 e. The summed E-state index contributed by atoms with van der Waals surface area (Å²) in [6.45, 7) is 0.435. The summed E-state index contributed by atoms with van der Waals surface area (Å²) in [7, 11) is 0. The van der Waals surface area contributed by atoms with Crippen molar-refractivity contribution in [3.63, 3.8) is 0 Å². The van der Waals surface area contributed by atoms with E-state index in [4.69, 9.17) is 5.73 Å². The van der Waals surface area contributed by atoms with Gasteiger partial charge in [0.1, 0.15) is 5.82 Å². The standard InChI is InChI=1S/C25H28N8O/c26-19-5-9-21(10-6-19)31-23-14-22(24-28-12-13-33(24)32-23)30-20-7-3-18(4-8-20)25(34)29-16-17-2-1-11-27-15-17/h1-4,7-8,11-15,19,21,30H,5-6,9-10,16,26H2,(H,29,34)(H,31,32). The van der Waals surface area contributed by atoms with Crippen molar-refractivity contribution in [3.8, 4) is 0 Å². The number of nitrogens with two attached hydrogens (primary N) is 1. The third-order valence-electron chi connectivity index (χ3n) is 6.08. The number of imidazole rings is 1. The molecule has 3 heterocycles. The lowest BCUT2D eigenvalue weighted by Crippen LogP contribution is -2.33. The van der Waals surface area contributed by atoms with Crippen molar-refractivity contribution in [3.05, 3.63) is 78.4 Å². The molecule has 0 aliphatic heterocycles. The van der Waals surface area contributed by atoms with E-state index in [1.807, 2.05) is 36.5 Å². The molecule has 1 aliphatic carbocycles. The van der Waals surface area contributed by atoms with Crippen LogP contribution in [0.1, 0.15) is 41.6 Å². The van der Waals surface area contributed by atoms with Crippen LogP contribution in [-0.2, 0) is 6.54 Å². The van der Waals surface area contributed by atoms with E-state index >= 15 is 0 Å². The molecule has 1 aliphatic rings. The molecule has 9 nitrogen and oxygen atoms in total. The molecule has 5 N–H and O–H groups in total. The van der Waals surface area contributed by atoms with Gasteiger partial charge >= 0.3 is 0 Å². The first-order chi connectivity index (χ1) is 16.6. The van der Waals surface area contributed by atoms with Crippen LogP contribution in [0, 0.1) is 0 Å². The van der Waals surface area contributed by atoms with Gasteiger partial charge in [-0.15, -0.1) is 5.10 Å². The highest BCUT2D eigenvalue weighted by Crippen LogP contribution is 2.26. The predicted octanol–water partition coefficient (Wildman–Crippen LogP) is 3.48. The first-order valence-corrected chi connectivity index (χ1v) is 11.5. The van der Waals surface area contributed by atoms with Crippen LogP contribution in [0.15, 0.2) is 67.3 Å². The van der Waals surface area contributed by atoms with Gasteiger partial charge in [-0.1, -0.05) is 6.07 Å². The van der Waals surface area contributed by atoms with Crippen molar-refractivity contribution >= 4 is 28.7 Å². The molecule has 0 unspecified atom stereocenters. The second-order valence-corrected chi connectivity index (χ2v) is 8.64. The molecule has 0 bridgehead atoms. The molecule has 1 amide bonds. The van der Waals surface area contributed by atoms with Crippen LogP contribution in [-0.4, -0.2) is 37.6 Å². The lowest BCUT2D eigenvalue weighted by atomic mass is 9.92. The van der Waals surface area contributed by atoms with E-state index in [1.165, 1.54) is 0 Å². The Morgan fingerprint density at radius 2 is 1.91 bits per heavy atom. The van der Waals surface area contributed by atoms with Crippen molar-refractivity contribution in [1.29, 1.82) is 0 Å². The Morgan fingerprint density at radius 3 is 2.68 bits per heavy atom. The van der Waals surface area contributed by atoms with E-state index in [-0.39, 0.29) is 5.91 Å². The highest BCUT2D eigenvalue weighted by atomic mass is 16.1. The third-order valence-corrected chi connectivity index (χ3v) is 6.08. The highest BCUT2D eigenvalue weighted by molar-refractivity contribution is 5.94. The molecule has 1 aromatic carbocycles. The minimum Gasteiger partial charge on any atom is -0.366 e. The number of fused-ring (bicyclic) bond motifs is 1. The van der Waals surface area contributed by atoms with Crippen LogP contribution in [0.2, 0.25) is 0 Å². The molecule has 3 aromatic heterocycles. The average Bonchev–Trinajstić information content (AvgIpc) is 3.34. The van der Waals surface area contributed by atoms with Crippen LogP contribution in [0.25, 0.3) is 5.65 Å². The number of nitrogens with one attached hydrogen (secondary N) is 3. The minimum atomic E-state index is -0.131. The Bertz CT molecular complexity index is 1250. The largest absolute Gasteiger partial charge is 0.366 e. The molecular formula is C25H28N8O. The first kappa shape index (κ1) is 21.8. The van der Waals surface area contributed by atoms with E-state index < -0.39 is 0 Å². The highest BCUT2D eigenvalue weighted by Gasteiger charge is 2.19. The molecule has 174 valence electrons. The molecule has 0 saturated heterocycles. The van der Waals surface area contributed by atoms with Crippen LogP contribution >= 0.6 is 0 Å². The average molecular weight is 457 g/mol. The van der Waals surface area contributed by atoms with Crippen molar-refractivity contribution in [2.45, 2.75) is 44.3 Å². The van der Waals surface area contributed by atoms with Crippen molar-refractivity contribution in [1.82, 2.24) is 24.9 Å². The van der Waals surface area contributed by atoms with E-state index in [9.17, 15) is 4.79 Å². The van der Waals surface area contributed by atoms with Gasteiger partial charge < -0.3 is 21.7 Å². The summed E-state index contributed by atoms with van der Waals surface area (Å²) >= 11 is 0. The fraction of sp³-hybridized carbons (Fsp3) is 0.280. The summed E-state index contributed by atoms with van der Waals surface area (Å²) in [6.07, 6.45) is 11.1. The molecule has 34 heavy (non-hydrogen) atoms. The molecule has 5 rings (SSSR count). The van der Waals surface area contributed by atoms with Gasteiger partial charge in [-0.3, -0.25) is 9.78 Å². The number of nitrogens with zero attached hydrogens (tertiary/aromatic N) is 4. The van der Waals surface area contributed by atoms with Crippen LogP contribution in [0.5, 0.6) is 0 Å². The number of amides is 1. The van der Waals surface area contributed by atoms with Gasteiger partial charge in [0, 0.05) is 60.7 Å². The number of benzene rings is 1. The number of pyridine rings is 1. The second kappa shape index (κ2) is 9.88. The molecular weight excluding hydrogens is 428 g/mol. The van der Waals surface area contributed by atoms with Gasteiger partial charge in [0.15, 0.2) is 5.65 Å². The predicted molar refractivity (Wildman–Crippen MR) is 132 cm³/mol. The van der Waals surface area contributed by atoms with E-state index in [0.717, 1.165) is 54.1 Å². The summed E-state index contributed by atoms with van der Waals surface area (Å²) in [5.74, 6) is 0.661. The summed E-state index contributed by atoms with van der Waals surface area (Å²) < 4.78 is 1.76. The fourth-order valence-electron chi connectivity index (χ4n) is 4.20. The lowest BCUT2D eigenvalue weighted by Gasteiger charge is -2.27. The molecule has 1 saturated carbocycles. The maximum atomic E-state index is 12.5. The summed E-state index contributed by atoms with van der Waals surface area (Å²) in [6, 6.07) is 13.8. The van der Waals surface area contributed by atoms with Gasteiger partial charge in [-0.05, 0) is 61.6 Å². The van der Waals surface area contributed by atoms with Crippen molar-refractivity contribution < 1.29 is 4.79 Å². The number of aromatic nitrogens is 4. The van der Waals surface area contributed by atoms with Gasteiger partial charge in [-0.25, -0.2) is 9.50 Å². The SMILES string of the molecule is NC1CCC(Nc2cc(Nc3ccc(C(=O)NCc4cccnc4)cc3)c3nccn3n2)CC1. The van der Waals surface area contributed by atoms with Crippen LogP contribution in [0.4, 0.5) is 17.2 Å².